The van der Waals surface area contributed by atoms with E-state index in [-0.39, 0.29) is 11.9 Å². The highest BCUT2D eigenvalue weighted by Crippen LogP contribution is 2.30. The first kappa shape index (κ1) is 14.4. The third-order valence-electron chi connectivity index (χ3n) is 4.26. The van der Waals surface area contributed by atoms with Crippen LogP contribution in [0.3, 0.4) is 0 Å². The standard InChI is InChI=1S/C16H20N2O2S/c1-18(12-4-2-3-5-13(12)19)16(20)15-9-10-8-11(17)6-7-14(10)21-15/h6-9,12-13,19H,2-5,17H2,1H3. The number of nitrogen functional groups attached to an aromatic ring is 1. The first-order valence-corrected chi connectivity index (χ1v) is 8.12. The smallest absolute Gasteiger partial charge is 0.264 e. The predicted molar refractivity (Wildman–Crippen MR) is 86.6 cm³/mol. The van der Waals surface area contributed by atoms with Crippen LogP contribution in [0, 0.1) is 0 Å². The zero-order chi connectivity index (χ0) is 15.0. The van der Waals surface area contributed by atoms with Gasteiger partial charge in [0.2, 0.25) is 0 Å². The van der Waals surface area contributed by atoms with Crippen molar-refractivity contribution in [2.75, 3.05) is 12.8 Å². The molecule has 1 aromatic heterocycles. The number of aliphatic hydroxyl groups excluding tert-OH is 1. The number of amides is 1. The van der Waals surface area contributed by atoms with Crippen LogP contribution in [0.5, 0.6) is 0 Å². The second-order valence-corrected chi connectivity index (χ2v) is 6.83. The Morgan fingerprint density at radius 2 is 2.10 bits per heavy atom. The molecule has 3 N–H and O–H groups in total. The number of thiophene rings is 1. The molecular weight excluding hydrogens is 284 g/mol. The van der Waals surface area contributed by atoms with Crippen molar-refractivity contribution in [3.05, 3.63) is 29.1 Å². The maximum atomic E-state index is 12.6. The largest absolute Gasteiger partial charge is 0.399 e. The molecule has 1 aromatic carbocycles. The van der Waals surface area contributed by atoms with Crippen LogP contribution < -0.4 is 5.73 Å². The normalized spacial score (nSPS) is 22.4. The highest BCUT2D eigenvalue weighted by molar-refractivity contribution is 7.20. The number of nitrogens with two attached hydrogens (primary N) is 1. The van der Waals surface area contributed by atoms with Gasteiger partial charge in [0.05, 0.1) is 17.0 Å². The minimum atomic E-state index is -0.405. The van der Waals surface area contributed by atoms with E-state index in [1.807, 2.05) is 24.3 Å². The Bertz CT molecular complexity index is 667. The van der Waals surface area contributed by atoms with Crippen molar-refractivity contribution in [1.29, 1.82) is 0 Å². The second kappa shape index (κ2) is 5.66. The van der Waals surface area contributed by atoms with Crippen LogP contribution in [0.2, 0.25) is 0 Å². The molecule has 2 atom stereocenters. The summed E-state index contributed by atoms with van der Waals surface area (Å²) in [5.41, 5.74) is 6.48. The minimum absolute atomic E-state index is 0.0132. The van der Waals surface area contributed by atoms with Crippen molar-refractivity contribution in [3.8, 4) is 0 Å². The highest BCUT2D eigenvalue weighted by atomic mass is 32.1. The van der Waals surface area contributed by atoms with Gasteiger partial charge in [0, 0.05) is 17.4 Å². The minimum Gasteiger partial charge on any atom is -0.399 e. The molecule has 3 rings (SSSR count). The van der Waals surface area contributed by atoms with Crippen LogP contribution in [0.1, 0.15) is 35.4 Å². The van der Waals surface area contributed by atoms with Crippen LogP contribution in [0.25, 0.3) is 10.1 Å². The molecule has 2 aromatic rings. The molecule has 1 aliphatic rings. The van der Waals surface area contributed by atoms with Gasteiger partial charge in [0.15, 0.2) is 0 Å². The third-order valence-corrected chi connectivity index (χ3v) is 5.37. The van der Waals surface area contributed by atoms with E-state index in [2.05, 4.69) is 0 Å². The first-order valence-electron chi connectivity index (χ1n) is 7.30. The fraction of sp³-hybridized carbons (Fsp3) is 0.438. The summed E-state index contributed by atoms with van der Waals surface area (Å²) in [6.45, 7) is 0. The topological polar surface area (TPSA) is 66.6 Å². The Morgan fingerprint density at radius 3 is 2.86 bits per heavy atom. The van der Waals surface area contributed by atoms with E-state index in [1.54, 1.807) is 11.9 Å². The molecule has 21 heavy (non-hydrogen) atoms. The third kappa shape index (κ3) is 2.76. The van der Waals surface area contributed by atoms with Gasteiger partial charge in [-0.2, -0.15) is 0 Å². The zero-order valence-electron chi connectivity index (χ0n) is 12.1. The van der Waals surface area contributed by atoms with Gasteiger partial charge in [-0.3, -0.25) is 4.79 Å². The average Bonchev–Trinajstić information content (AvgIpc) is 2.89. The van der Waals surface area contributed by atoms with E-state index < -0.39 is 6.10 Å². The number of anilines is 1. The van der Waals surface area contributed by atoms with Crippen LogP contribution in [0.15, 0.2) is 24.3 Å². The maximum Gasteiger partial charge on any atom is 0.264 e. The lowest BCUT2D eigenvalue weighted by molar-refractivity contribution is 0.0271. The lowest BCUT2D eigenvalue weighted by atomic mass is 9.91. The van der Waals surface area contributed by atoms with E-state index in [4.69, 9.17) is 5.73 Å². The maximum absolute atomic E-state index is 12.6. The molecule has 112 valence electrons. The summed E-state index contributed by atoms with van der Waals surface area (Å²) in [6.07, 6.45) is 3.37. The summed E-state index contributed by atoms with van der Waals surface area (Å²) in [5.74, 6) is -0.0132. The number of nitrogens with zero attached hydrogens (tertiary/aromatic N) is 1. The van der Waals surface area contributed by atoms with Crippen molar-refractivity contribution in [3.63, 3.8) is 0 Å². The molecule has 0 radical (unpaired) electrons. The number of fused-ring (bicyclic) bond motifs is 1. The molecule has 1 fully saturated rings. The number of hydrogen-bond acceptors (Lipinski definition) is 4. The zero-order valence-corrected chi connectivity index (χ0v) is 12.9. The van der Waals surface area contributed by atoms with E-state index in [9.17, 15) is 9.90 Å². The van der Waals surface area contributed by atoms with Crippen LogP contribution in [-0.2, 0) is 0 Å². The number of rotatable bonds is 2. The number of hydrogen-bond donors (Lipinski definition) is 2. The van der Waals surface area contributed by atoms with Crippen molar-refractivity contribution in [1.82, 2.24) is 4.90 Å². The van der Waals surface area contributed by atoms with Gasteiger partial charge in [0.1, 0.15) is 0 Å². The van der Waals surface area contributed by atoms with E-state index in [0.29, 0.717) is 10.6 Å². The molecule has 0 bridgehead atoms. The van der Waals surface area contributed by atoms with Gasteiger partial charge in [-0.1, -0.05) is 12.8 Å². The van der Waals surface area contributed by atoms with Crippen LogP contribution in [0.4, 0.5) is 5.69 Å². The van der Waals surface area contributed by atoms with Crippen LogP contribution >= 0.6 is 11.3 Å². The number of aliphatic hydroxyl groups is 1. The van der Waals surface area contributed by atoms with Gasteiger partial charge < -0.3 is 15.7 Å². The average molecular weight is 304 g/mol. The monoisotopic (exact) mass is 304 g/mol. The number of carbonyl (C=O) groups excluding carboxylic acids is 1. The van der Waals surface area contributed by atoms with Gasteiger partial charge in [0.25, 0.3) is 5.91 Å². The summed E-state index contributed by atoms with van der Waals surface area (Å²) in [4.78, 5) is 15.0. The molecule has 1 saturated carbocycles. The molecular formula is C16H20N2O2S. The highest BCUT2D eigenvalue weighted by Gasteiger charge is 2.30. The Kier molecular flexibility index (Phi) is 3.87. The first-order chi connectivity index (χ1) is 10.1. The molecule has 0 saturated heterocycles. The SMILES string of the molecule is CN(C(=O)c1cc2cc(N)ccc2s1)C1CCCCC1O. The van der Waals surface area contributed by atoms with Crippen molar-refractivity contribution in [2.24, 2.45) is 0 Å². The summed E-state index contributed by atoms with van der Waals surface area (Å²) in [5, 5.41) is 11.1. The molecule has 4 nitrogen and oxygen atoms in total. The van der Waals surface area contributed by atoms with E-state index in [1.165, 1.54) is 11.3 Å². The fourth-order valence-electron chi connectivity index (χ4n) is 3.04. The number of likely N-dealkylation sites (N-methyl/N-ethyl adjacent to an activating group) is 1. The van der Waals surface area contributed by atoms with E-state index in [0.717, 1.165) is 35.8 Å². The Balaban J connectivity index is 1.85. The summed E-state index contributed by atoms with van der Waals surface area (Å²) >= 11 is 1.48. The van der Waals surface area contributed by atoms with Gasteiger partial charge in [-0.05, 0) is 42.5 Å². The molecule has 5 heteroatoms. The Morgan fingerprint density at radius 1 is 1.33 bits per heavy atom. The Hall–Kier alpha value is -1.59. The number of benzene rings is 1. The van der Waals surface area contributed by atoms with Crippen molar-refractivity contribution in [2.45, 2.75) is 37.8 Å². The summed E-state index contributed by atoms with van der Waals surface area (Å²) in [6, 6.07) is 7.51. The second-order valence-electron chi connectivity index (χ2n) is 5.74. The molecule has 2 unspecified atom stereocenters. The summed E-state index contributed by atoms with van der Waals surface area (Å²) in [7, 11) is 1.79. The Labute approximate surface area is 128 Å². The van der Waals surface area contributed by atoms with Crippen LogP contribution in [-0.4, -0.2) is 35.1 Å². The number of carbonyl (C=O) groups is 1. The predicted octanol–water partition coefficient (Wildman–Crippen LogP) is 2.86. The molecule has 1 heterocycles. The lowest BCUT2D eigenvalue weighted by Crippen LogP contribution is -2.46. The van der Waals surface area contributed by atoms with Crippen molar-refractivity contribution < 1.29 is 9.90 Å². The fourth-order valence-corrected chi connectivity index (χ4v) is 4.06. The molecule has 1 amide bonds. The molecule has 1 aliphatic carbocycles. The van der Waals surface area contributed by atoms with Gasteiger partial charge in [-0.15, -0.1) is 11.3 Å². The summed E-state index contributed by atoms with van der Waals surface area (Å²) < 4.78 is 1.06. The molecule has 0 spiro atoms. The van der Waals surface area contributed by atoms with Gasteiger partial charge in [-0.25, -0.2) is 0 Å². The van der Waals surface area contributed by atoms with E-state index >= 15 is 0 Å². The van der Waals surface area contributed by atoms with Crippen molar-refractivity contribution >= 4 is 33.0 Å². The van der Waals surface area contributed by atoms with Gasteiger partial charge >= 0.3 is 0 Å². The molecule has 0 aliphatic heterocycles. The lowest BCUT2D eigenvalue weighted by Gasteiger charge is -2.34. The quantitative estimate of drug-likeness (QED) is 0.838.